The van der Waals surface area contributed by atoms with Crippen LogP contribution in [0.3, 0.4) is 0 Å². The van der Waals surface area contributed by atoms with Crippen LogP contribution in [0.15, 0.2) is 73.2 Å². The molecule has 6 aromatic rings. The Kier molecular flexibility index (Phi) is 29.7. The normalized spacial score (nSPS) is 14.8. The number of carboxylic acids is 1. The SMILES string of the molecule is CCC(COCc1cn(CCOCCOC)nn1)(COCC(CC)(COCc1cn(CCCCCC(=O)NCC(=O)Nc2ccc3c(c2)C(=O)OC32c3ccc(O)cc3Oc3cc(O)ccc32)nn1)COC(C)C)COCC(CC)(COCc1cn(CCCCCC(=O)O)nn1)CC(C)C. The van der Waals surface area contributed by atoms with Crippen LogP contribution in [0, 0.1) is 22.2 Å². The third kappa shape index (κ3) is 22.5. The molecule has 28 nitrogen and oxygen atoms in total. The van der Waals surface area contributed by atoms with Crippen molar-refractivity contribution in [2.75, 3.05) is 91.6 Å². The fourth-order valence-electron chi connectivity index (χ4n) is 12.3. The van der Waals surface area contributed by atoms with Crippen molar-refractivity contribution in [2.24, 2.45) is 22.2 Å². The van der Waals surface area contributed by atoms with Gasteiger partial charge < -0.3 is 73.3 Å². The minimum Gasteiger partial charge on any atom is -0.508 e. The number of fused-ring (bicyclic) bond motifs is 6. The Balaban J connectivity index is 0.798. The van der Waals surface area contributed by atoms with Gasteiger partial charge in [-0.2, -0.15) is 0 Å². The maximum Gasteiger partial charge on any atom is 0.340 e. The zero-order valence-electron chi connectivity index (χ0n) is 59.4. The number of aromatic hydroxyl groups is 2. The summed E-state index contributed by atoms with van der Waals surface area (Å²) in [4.78, 5) is 50.4. The van der Waals surface area contributed by atoms with Crippen molar-refractivity contribution in [3.05, 3.63) is 113 Å². The molecular formula is C72H103N11O17. The van der Waals surface area contributed by atoms with Gasteiger partial charge in [-0.15, -0.1) is 15.3 Å². The fourth-order valence-corrected chi connectivity index (χ4v) is 12.3. The number of hydrogen-bond donors (Lipinski definition) is 5. The molecule has 5 N–H and O–H groups in total. The van der Waals surface area contributed by atoms with Gasteiger partial charge >= 0.3 is 11.9 Å². The number of nitrogens with one attached hydrogen (secondary N) is 2. The highest BCUT2D eigenvalue weighted by Crippen LogP contribution is 2.57. The molecule has 3 atom stereocenters. The summed E-state index contributed by atoms with van der Waals surface area (Å²) in [6, 6.07) is 13.9. The number of amides is 2. The van der Waals surface area contributed by atoms with Crippen molar-refractivity contribution < 1.29 is 81.9 Å². The standard InChI is InChI=1S/C72H103N11O17/c1-9-69(35-51(4)5,43-93-40-54-37-82(78-75-54)27-17-13-15-19-67(88)89)44-96-47-70(10-2,45-94-42-56-39-83(80-77-56)28-29-92-31-30-91-8)48-97-49-71(11-3,50-98-52(6)7)46-95-41-55-38-81(79-76-55)26-16-12-14-18-65(86)73-36-66(87)74-53-20-23-60-59(32-53)68(90)100-72(60)61-24-21-57(84)33-63(61)99-64-34-58(85)22-25-62(64)72/h20-25,32-34,37-39,51-52,84-85H,9-19,26-31,35-36,40-50H2,1-8H3,(H,73,86)(H,74,87)(H,88,89). The highest BCUT2D eigenvalue weighted by molar-refractivity contribution is 6.00. The number of carbonyl (C=O) groups is 4. The molecule has 2 aliphatic heterocycles. The van der Waals surface area contributed by atoms with Gasteiger partial charge in [-0.05, 0) is 108 Å². The number of phenols is 2. The van der Waals surface area contributed by atoms with Crippen LogP contribution in [0.2, 0.25) is 0 Å². The second kappa shape index (κ2) is 38.2. The van der Waals surface area contributed by atoms with E-state index in [9.17, 15) is 29.4 Å². The molecule has 0 saturated carbocycles. The van der Waals surface area contributed by atoms with E-state index in [1.54, 1.807) is 45.4 Å². The molecule has 548 valence electrons. The van der Waals surface area contributed by atoms with Gasteiger partial charge in [0.2, 0.25) is 11.8 Å². The molecule has 3 unspecified atom stereocenters. The van der Waals surface area contributed by atoms with Crippen molar-refractivity contribution in [2.45, 2.75) is 177 Å². The summed E-state index contributed by atoms with van der Waals surface area (Å²) < 4.78 is 67.6. The Morgan fingerprint density at radius 2 is 1.07 bits per heavy atom. The van der Waals surface area contributed by atoms with Crippen molar-refractivity contribution in [1.82, 2.24) is 50.3 Å². The number of hydrogen-bond acceptors (Lipinski definition) is 22. The van der Waals surface area contributed by atoms with Crippen molar-refractivity contribution in [3.8, 4) is 23.0 Å². The largest absolute Gasteiger partial charge is 0.508 e. The van der Waals surface area contributed by atoms with Gasteiger partial charge in [0, 0.05) is 83.8 Å². The average Bonchev–Trinajstić information content (AvgIpc) is 1.46. The third-order valence-corrected chi connectivity index (χ3v) is 18.1. The Morgan fingerprint density at radius 3 is 1.59 bits per heavy atom. The number of phenolic OH excluding ortho intramolecular Hbond substituents is 2. The minimum atomic E-state index is -1.44. The maximum absolute atomic E-state index is 13.6. The third-order valence-electron chi connectivity index (χ3n) is 18.1. The predicted molar refractivity (Wildman–Crippen MR) is 366 cm³/mol. The van der Waals surface area contributed by atoms with Crippen molar-refractivity contribution in [3.63, 3.8) is 0 Å². The summed E-state index contributed by atoms with van der Waals surface area (Å²) in [7, 11) is 1.64. The van der Waals surface area contributed by atoms with E-state index in [1.807, 2.05) is 32.4 Å². The number of unbranched alkanes of at least 4 members (excludes halogenated alkanes) is 4. The molecule has 1 spiro atoms. The number of benzene rings is 3. The number of aromatic nitrogens is 9. The van der Waals surface area contributed by atoms with E-state index in [0.29, 0.717) is 164 Å². The monoisotopic (exact) mass is 1390 g/mol. The lowest BCUT2D eigenvalue weighted by molar-refractivity contribution is -0.137. The summed E-state index contributed by atoms with van der Waals surface area (Å²) in [5.74, 6) is -1.41. The zero-order valence-corrected chi connectivity index (χ0v) is 59.4. The smallest absolute Gasteiger partial charge is 0.340 e. The van der Waals surface area contributed by atoms with Crippen LogP contribution in [0.1, 0.15) is 170 Å². The van der Waals surface area contributed by atoms with E-state index in [1.165, 1.54) is 30.3 Å². The number of rotatable bonds is 49. The molecule has 28 heteroatoms. The summed E-state index contributed by atoms with van der Waals surface area (Å²) in [5, 5.41) is 61.0. The number of anilines is 1. The molecule has 2 aliphatic rings. The minimum absolute atomic E-state index is 0.0282. The van der Waals surface area contributed by atoms with Crippen molar-refractivity contribution in [1.29, 1.82) is 0 Å². The van der Waals surface area contributed by atoms with Crippen LogP contribution in [-0.4, -0.2) is 176 Å². The quantitative estimate of drug-likeness (QED) is 0.0175. The van der Waals surface area contributed by atoms with Gasteiger partial charge in [-0.3, -0.25) is 23.7 Å². The highest BCUT2D eigenvalue weighted by atomic mass is 16.6. The van der Waals surface area contributed by atoms with Crippen LogP contribution in [0.5, 0.6) is 23.0 Å². The number of esters is 1. The van der Waals surface area contributed by atoms with E-state index < -0.39 is 34.3 Å². The Morgan fingerprint density at radius 1 is 0.570 bits per heavy atom. The number of carbonyl (C=O) groups excluding carboxylic acids is 3. The zero-order chi connectivity index (χ0) is 71.6. The van der Waals surface area contributed by atoms with Gasteiger partial charge in [0.05, 0.1) is 136 Å². The molecule has 5 heterocycles. The summed E-state index contributed by atoms with van der Waals surface area (Å²) in [6.07, 6.45) is 13.4. The first-order chi connectivity index (χ1) is 48.2. The van der Waals surface area contributed by atoms with E-state index in [0.717, 1.165) is 44.2 Å². The number of aryl methyl sites for hydroxylation is 2. The topological polar surface area (TPSA) is 337 Å². The second-order valence-electron chi connectivity index (χ2n) is 27.1. The first kappa shape index (κ1) is 77.8. The Hall–Kier alpha value is -7.96. The molecule has 0 saturated heterocycles. The van der Waals surface area contributed by atoms with Crippen LogP contribution in [-0.2, 0) is 102 Å². The van der Waals surface area contributed by atoms with Gasteiger partial charge in [-0.25, -0.2) is 9.48 Å². The molecule has 3 aromatic heterocycles. The van der Waals surface area contributed by atoms with E-state index in [4.69, 9.17) is 52.5 Å². The van der Waals surface area contributed by atoms with E-state index in [-0.39, 0.29) is 78.6 Å². The molecule has 0 aliphatic carbocycles. The van der Waals surface area contributed by atoms with Crippen LogP contribution in [0.4, 0.5) is 5.69 Å². The first-order valence-electron chi connectivity index (χ1n) is 35.0. The van der Waals surface area contributed by atoms with Gasteiger partial charge in [0.25, 0.3) is 0 Å². The number of aliphatic carboxylic acids is 1. The molecule has 0 bridgehead atoms. The predicted octanol–water partition coefficient (Wildman–Crippen LogP) is 9.71. The molecule has 0 fully saturated rings. The second-order valence-corrected chi connectivity index (χ2v) is 27.1. The highest BCUT2D eigenvalue weighted by Gasteiger charge is 2.54. The lowest BCUT2D eigenvalue weighted by Crippen LogP contribution is -2.42. The van der Waals surface area contributed by atoms with Crippen LogP contribution >= 0.6 is 0 Å². The number of nitrogens with zero attached hydrogens (tertiary/aromatic N) is 9. The Labute approximate surface area is 585 Å². The number of ether oxygens (including phenoxy) is 10. The molecule has 8 rings (SSSR count). The van der Waals surface area contributed by atoms with E-state index >= 15 is 0 Å². The van der Waals surface area contributed by atoms with E-state index in [2.05, 4.69) is 76.2 Å². The van der Waals surface area contributed by atoms with Gasteiger partial charge in [0.1, 0.15) is 40.1 Å². The fraction of sp³-hybridized carbons (Fsp3) is 0.611. The Bertz CT molecular complexity index is 3510. The van der Waals surface area contributed by atoms with Gasteiger partial charge in [-0.1, -0.05) is 69.2 Å². The lowest BCUT2D eigenvalue weighted by Gasteiger charge is -2.38. The molecule has 2 amide bonds. The molecular weight excluding hydrogens is 1290 g/mol. The average molecular weight is 1390 g/mol. The molecule has 3 aromatic carbocycles. The number of methoxy groups -OCH3 is 1. The number of carboxylic acid groups (broad SMARTS) is 1. The summed E-state index contributed by atoms with van der Waals surface area (Å²) in [6.45, 7) is 21.6. The first-order valence-corrected chi connectivity index (χ1v) is 35.0. The van der Waals surface area contributed by atoms with Crippen LogP contribution in [0.25, 0.3) is 0 Å². The lowest BCUT2D eigenvalue weighted by atomic mass is 9.77. The molecule has 0 radical (unpaired) electrons. The summed E-state index contributed by atoms with van der Waals surface area (Å²) in [5.41, 5.74) is 1.28. The summed E-state index contributed by atoms with van der Waals surface area (Å²) >= 11 is 0. The van der Waals surface area contributed by atoms with Gasteiger partial charge in [0.15, 0.2) is 5.60 Å². The molecule has 100 heavy (non-hydrogen) atoms. The maximum atomic E-state index is 13.6. The van der Waals surface area contributed by atoms with Crippen molar-refractivity contribution >= 4 is 29.4 Å². The van der Waals surface area contributed by atoms with Crippen LogP contribution < -0.4 is 15.4 Å².